The minimum atomic E-state index is -0.421. The van der Waals surface area contributed by atoms with Crippen molar-refractivity contribution in [2.24, 2.45) is 4.99 Å². The number of halogens is 1. The van der Waals surface area contributed by atoms with Gasteiger partial charge in [0, 0.05) is 6.21 Å². The third-order valence-electron chi connectivity index (χ3n) is 3.70. The zero-order valence-electron chi connectivity index (χ0n) is 14.8. The lowest BCUT2D eigenvalue weighted by atomic mass is 10.2. The van der Waals surface area contributed by atoms with Crippen LogP contribution in [0.2, 0.25) is 5.02 Å². The fourth-order valence-electron chi connectivity index (χ4n) is 2.34. The first-order valence-corrected chi connectivity index (χ1v) is 8.87. The molecule has 0 spiro atoms. The molecular weight excluding hydrogens is 362 g/mol. The summed E-state index contributed by atoms with van der Waals surface area (Å²) in [6, 6.07) is 21.3. The minimum absolute atomic E-state index is 0.421. The van der Waals surface area contributed by atoms with Crippen molar-refractivity contribution in [3.8, 4) is 11.5 Å². The normalized spacial score (nSPS) is 10.7. The monoisotopic (exact) mass is 379 g/mol. The topological polar surface area (TPSA) is 47.9 Å². The van der Waals surface area contributed by atoms with Gasteiger partial charge < -0.3 is 9.47 Å². The minimum Gasteiger partial charge on any atom is -0.494 e. The van der Waals surface area contributed by atoms with E-state index in [1.54, 1.807) is 48.7 Å². The Balaban J connectivity index is 1.63. The lowest BCUT2D eigenvalue weighted by Crippen LogP contribution is -2.08. The van der Waals surface area contributed by atoms with E-state index in [0.717, 1.165) is 11.3 Å². The number of para-hydroxylation sites is 1. The standard InChI is InChI=1S/C22H18ClNO3/c1-2-26-18-13-9-17(10-14-18)22(25)27-19-11-7-16(8-12-19)15-24-21-6-4-3-5-20(21)23/h3-15H,2H2,1H3. The molecule has 0 atom stereocenters. The zero-order chi connectivity index (χ0) is 19.1. The predicted molar refractivity (Wildman–Crippen MR) is 108 cm³/mol. The fraction of sp³-hybridized carbons (Fsp3) is 0.0909. The van der Waals surface area contributed by atoms with E-state index in [4.69, 9.17) is 21.1 Å². The summed E-state index contributed by atoms with van der Waals surface area (Å²) in [5, 5.41) is 0.592. The van der Waals surface area contributed by atoms with E-state index >= 15 is 0 Å². The smallest absolute Gasteiger partial charge is 0.343 e. The Labute approximate surface area is 163 Å². The number of aliphatic imine (C=N–C) groups is 1. The number of esters is 1. The number of carbonyl (C=O) groups excluding carboxylic acids is 1. The molecule has 3 aromatic rings. The largest absolute Gasteiger partial charge is 0.494 e. The maximum Gasteiger partial charge on any atom is 0.343 e. The van der Waals surface area contributed by atoms with Gasteiger partial charge in [-0.3, -0.25) is 4.99 Å². The fourth-order valence-corrected chi connectivity index (χ4v) is 2.53. The van der Waals surface area contributed by atoms with Gasteiger partial charge in [-0.15, -0.1) is 0 Å². The first-order valence-electron chi connectivity index (χ1n) is 8.49. The third kappa shape index (κ3) is 5.19. The van der Waals surface area contributed by atoms with Crippen LogP contribution in [0.1, 0.15) is 22.8 Å². The van der Waals surface area contributed by atoms with Gasteiger partial charge >= 0.3 is 5.97 Å². The van der Waals surface area contributed by atoms with Crippen molar-refractivity contribution >= 4 is 29.5 Å². The molecule has 3 rings (SSSR count). The van der Waals surface area contributed by atoms with Crippen LogP contribution in [0, 0.1) is 0 Å². The van der Waals surface area contributed by atoms with Gasteiger partial charge in [-0.1, -0.05) is 23.7 Å². The number of nitrogens with zero attached hydrogens (tertiary/aromatic N) is 1. The summed E-state index contributed by atoms with van der Waals surface area (Å²) in [6.45, 7) is 2.49. The average molecular weight is 380 g/mol. The molecule has 3 aromatic carbocycles. The lowest BCUT2D eigenvalue weighted by Gasteiger charge is -2.06. The highest BCUT2D eigenvalue weighted by molar-refractivity contribution is 6.33. The van der Waals surface area contributed by atoms with Crippen LogP contribution in [-0.4, -0.2) is 18.8 Å². The Morgan fingerprint density at radius 2 is 1.63 bits per heavy atom. The predicted octanol–water partition coefficient (Wildman–Crippen LogP) is 5.71. The summed E-state index contributed by atoms with van der Waals surface area (Å²) in [4.78, 5) is 16.6. The number of hydrogen-bond donors (Lipinski definition) is 0. The Bertz CT molecular complexity index is 935. The van der Waals surface area contributed by atoms with Crippen molar-refractivity contribution in [2.75, 3.05) is 6.61 Å². The van der Waals surface area contributed by atoms with Gasteiger partial charge in [0.25, 0.3) is 0 Å². The summed E-state index contributed by atoms with van der Waals surface area (Å²) in [7, 11) is 0. The van der Waals surface area contributed by atoms with E-state index in [1.165, 1.54) is 0 Å². The molecule has 0 bridgehead atoms. The number of benzene rings is 3. The molecule has 0 aliphatic heterocycles. The van der Waals surface area contributed by atoms with Crippen molar-refractivity contribution in [1.29, 1.82) is 0 Å². The van der Waals surface area contributed by atoms with Crippen LogP contribution in [0.15, 0.2) is 77.8 Å². The molecule has 0 aliphatic carbocycles. The van der Waals surface area contributed by atoms with E-state index in [0.29, 0.717) is 28.6 Å². The van der Waals surface area contributed by atoms with Gasteiger partial charge in [0.05, 0.1) is 22.9 Å². The van der Waals surface area contributed by atoms with Crippen molar-refractivity contribution in [3.05, 3.63) is 88.9 Å². The summed E-state index contributed by atoms with van der Waals surface area (Å²) >= 11 is 6.08. The van der Waals surface area contributed by atoms with E-state index in [9.17, 15) is 4.79 Å². The summed E-state index contributed by atoms with van der Waals surface area (Å²) in [5.74, 6) is 0.760. The van der Waals surface area contributed by atoms with Gasteiger partial charge in [0.2, 0.25) is 0 Å². The van der Waals surface area contributed by atoms with Gasteiger partial charge in [0.1, 0.15) is 11.5 Å². The van der Waals surface area contributed by atoms with Crippen LogP contribution in [0.4, 0.5) is 5.69 Å². The van der Waals surface area contributed by atoms with Gasteiger partial charge in [-0.05, 0) is 73.2 Å². The van der Waals surface area contributed by atoms with Crippen LogP contribution in [0.25, 0.3) is 0 Å². The molecular formula is C22H18ClNO3. The highest BCUT2D eigenvalue weighted by Crippen LogP contribution is 2.23. The molecule has 4 nitrogen and oxygen atoms in total. The Kier molecular flexibility index (Phi) is 6.23. The SMILES string of the molecule is CCOc1ccc(C(=O)Oc2ccc(C=Nc3ccccc3Cl)cc2)cc1. The van der Waals surface area contributed by atoms with Crippen LogP contribution in [0.3, 0.4) is 0 Å². The van der Waals surface area contributed by atoms with Gasteiger partial charge in [0.15, 0.2) is 0 Å². The van der Waals surface area contributed by atoms with E-state index in [1.807, 2.05) is 37.3 Å². The molecule has 0 saturated heterocycles. The first-order chi connectivity index (χ1) is 13.2. The molecule has 0 fully saturated rings. The van der Waals surface area contributed by atoms with Crippen molar-refractivity contribution < 1.29 is 14.3 Å². The highest BCUT2D eigenvalue weighted by Gasteiger charge is 2.08. The Morgan fingerprint density at radius 1 is 0.963 bits per heavy atom. The molecule has 5 heteroatoms. The molecule has 0 radical (unpaired) electrons. The van der Waals surface area contributed by atoms with E-state index < -0.39 is 5.97 Å². The summed E-state index contributed by atoms with van der Waals surface area (Å²) < 4.78 is 10.8. The maximum atomic E-state index is 12.2. The van der Waals surface area contributed by atoms with Crippen LogP contribution in [0.5, 0.6) is 11.5 Å². The Hall–Kier alpha value is -3.11. The van der Waals surface area contributed by atoms with Crippen LogP contribution < -0.4 is 9.47 Å². The molecule has 27 heavy (non-hydrogen) atoms. The van der Waals surface area contributed by atoms with Crippen LogP contribution >= 0.6 is 11.6 Å². The van der Waals surface area contributed by atoms with Crippen molar-refractivity contribution in [2.45, 2.75) is 6.92 Å². The number of rotatable bonds is 6. The maximum absolute atomic E-state index is 12.2. The van der Waals surface area contributed by atoms with Gasteiger partial charge in [-0.25, -0.2) is 4.79 Å². The lowest BCUT2D eigenvalue weighted by molar-refractivity contribution is 0.0734. The third-order valence-corrected chi connectivity index (χ3v) is 4.02. The number of carbonyl (C=O) groups is 1. The molecule has 136 valence electrons. The van der Waals surface area contributed by atoms with Gasteiger partial charge in [-0.2, -0.15) is 0 Å². The van der Waals surface area contributed by atoms with Crippen molar-refractivity contribution in [1.82, 2.24) is 0 Å². The summed E-state index contributed by atoms with van der Waals surface area (Å²) in [6.07, 6.45) is 1.71. The molecule has 0 aromatic heterocycles. The molecule has 0 unspecified atom stereocenters. The van der Waals surface area contributed by atoms with Crippen LogP contribution in [-0.2, 0) is 0 Å². The molecule has 0 aliphatic rings. The quantitative estimate of drug-likeness (QED) is 0.313. The zero-order valence-corrected chi connectivity index (χ0v) is 15.5. The Morgan fingerprint density at radius 3 is 2.30 bits per heavy atom. The number of hydrogen-bond acceptors (Lipinski definition) is 4. The van der Waals surface area contributed by atoms with E-state index in [-0.39, 0.29) is 0 Å². The second-order valence-electron chi connectivity index (χ2n) is 5.63. The van der Waals surface area contributed by atoms with Crippen molar-refractivity contribution in [3.63, 3.8) is 0 Å². The summed E-state index contributed by atoms with van der Waals surface area (Å²) in [5.41, 5.74) is 2.03. The van der Waals surface area contributed by atoms with E-state index in [2.05, 4.69) is 4.99 Å². The molecule has 0 saturated carbocycles. The second-order valence-corrected chi connectivity index (χ2v) is 6.03. The molecule has 0 heterocycles. The second kappa shape index (κ2) is 9.01. The first kappa shape index (κ1) is 18.7. The molecule has 0 amide bonds. The molecule has 0 N–H and O–H groups in total. The average Bonchev–Trinajstić information content (AvgIpc) is 2.69. The number of ether oxygens (including phenoxy) is 2. The highest BCUT2D eigenvalue weighted by atomic mass is 35.5.